The Bertz CT molecular complexity index is 253. The molecule has 2 nitrogen and oxygen atoms in total. The lowest BCUT2D eigenvalue weighted by Gasteiger charge is -2.08. The molecule has 1 heterocycles. The number of nitrogens with zero attached hydrogens (tertiary/aromatic N) is 1. The molecular weight excluding hydrogens is 184 g/mol. The summed E-state index contributed by atoms with van der Waals surface area (Å²) in [6.07, 6.45) is 7.31. The van der Waals surface area contributed by atoms with Crippen LogP contribution in [0.2, 0.25) is 0 Å². The van der Waals surface area contributed by atoms with Gasteiger partial charge < -0.3 is 9.88 Å². The second-order valence-corrected chi connectivity index (χ2v) is 4.08. The first-order valence-electron chi connectivity index (χ1n) is 6.23. The molecule has 1 aromatic heterocycles. The van der Waals surface area contributed by atoms with Crippen molar-refractivity contribution in [1.82, 2.24) is 9.88 Å². The molecule has 15 heavy (non-hydrogen) atoms. The van der Waals surface area contributed by atoms with Crippen molar-refractivity contribution < 1.29 is 0 Å². The number of aryl methyl sites for hydroxylation is 1. The summed E-state index contributed by atoms with van der Waals surface area (Å²) in [7, 11) is 0. The van der Waals surface area contributed by atoms with Crippen molar-refractivity contribution in [3.63, 3.8) is 0 Å². The number of hydrogen-bond donors (Lipinski definition) is 1. The maximum atomic E-state index is 3.50. The fraction of sp³-hybridized carbons (Fsp3) is 0.692. The van der Waals surface area contributed by atoms with Gasteiger partial charge in [-0.25, -0.2) is 0 Å². The molecule has 0 aliphatic rings. The van der Waals surface area contributed by atoms with Gasteiger partial charge in [0.25, 0.3) is 0 Å². The van der Waals surface area contributed by atoms with E-state index in [2.05, 4.69) is 42.1 Å². The second-order valence-electron chi connectivity index (χ2n) is 4.08. The van der Waals surface area contributed by atoms with E-state index in [4.69, 9.17) is 0 Å². The molecule has 0 saturated carbocycles. The van der Waals surface area contributed by atoms with Gasteiger partial charge in [-0.15, -0.1) is 0 Å². The molecule has 0 aromatic carbocycles. The minimum Gasteiger partial charge on any atom is -0.350 e. The lowest BCUT2D eigenvalue weighted by Crippen LogP contribution is -2.17. The molecule has 0 unspecified atom stereocenters. The molecule has 0 fully saturated rings. The molecule has 0 aliphatic heterocycles. The minimum absolute atomic E-state index is 1.01. The Morgan fingerprint density at radius 3 is 2.80 bits per heavy atom. The molecule has 0 atom stereocenters. The summed E-state index contributed by atoms with van der Waals surface area (Å²) in [6, 6.07) is 4.35. The van der Waals surface area contributed by atoms with E-state index < -0.39 is 0 Å². The summed E-state index contributed by atoms with van der Waals surface area (Å²) in [4.78, 5) is 0. The highest BCUT2D eigenvalue weighted by Gasteiger charge is 1.98. The predicted octanol–water partition coefficient (Wildman–Crippen LogP) is 3.18. The van der Waals surface area contributed by atoms with Gasteiger partial charge in [0.1, 0.15) is 0 Å². The number of hydrogen-bond acceptors (Lipinski definition) is 1. The fourth-order valence-electron chi connectivity index (χ4n) is 1.79. The largest absolute Gasteiger partial charge is 0.350 e. The van der Waals surface area contributed by atoms with Crippen LogP contribution in [0.15, 0.2) is 18.3 Å². The number of unbranched alkanes of at least 4 members (excludes halogenated alkanes) is 2. The Morgan fingerprint density at radius 1 is 1.20 bits per heavy atom. The molecule has 1 rings (SSSR count). The molecule has 1 N–H and O–H groups in total. The quantitative estimate of drug-likeness (QED) is 0.649. The van der Waals surface area contributed by atoms with Crippen molar-refractivity contribution in [2.75, 3.05) is 6.54 Å². The molecule has 0 bridgehead atoms. The van der Waals surface area contributed by atoms with E-state index in [1.807, 2.05) is 0 Å². The molecule has 86 valence electrons. The van der Waals surface area contributed by atoms with Crippen molar-refractivity contribution >= 4 is 0 Å². The zero-order valence-electron chi connectivity index (χ0n) is 10.1. The molecule has 0 saturated heterocycles. The summed E-state index contributed by atoms with van der Waals surface area (Å²) in [5, 5.41) is 3.50. The molecule has 0 radical (unpaired) electrons. The van der Waals surface area contributed by atoms with Gasteiger partial charge in [-0.05, 0) is 31.5 Å². The maximum Gasteiger partial charge on any atom is 0.0359 e. The SMILES string of the molecule is CCCCCNCc1cccn1CCC. The van der Waals surface area contributed by atoms with Gasteiger partial charge in [-0.3, -0.25) is 0 Å². The maximum absolute atomic E-state index is 3.50. The van der Waals surface area contributed by atoms with Gasteiger partial charge in [0.15, 0.2) is 0 Å². The van der Waals surface area contributed by atoms with Gasteiger partial charge in [0, 0.05) is 25.0 Å². The Balaban J connectivity index is 2.21. The third-order valence-electron chi connectivity index (χ3n) is 2.65. The first-order chi connectivity index (χ1) is 7.38. The number of rotatable bonds is 8. The summed E-state index contributed by atoms with van der Waals surface area (Å²) in [6.45, 7) is 7.76. The van der Waals surface area contributed by atoms with Crippen LogP contribution in [0.1, 0.15) is 45.2 Å². The first-order valence-corrected chi connectivity index (χ1v) is 6.23. The molecule has 1 aromatic rings. The van der Waals surface area contributed by atoms with Gasteiger partial charge in [-0.1, -0.05) is 26.7 Å². The summed E-state index contributed by atoms with van der Waals surface area (Å²) in [5.74, 6) is 0. The van der Waals surface area contributed by atoms with Crippen LogP contribution < -0.4 is 5.32 Å². The highest BCUT2D eigenvalue weighted by atomic mass is 15.0. The van der Waals surface area contributed by atoms with E-state index >= 15 is 0 Å². The van der Waals surface area contributed by atoms with E-state index in [1.54, 1.807) is 0 Å². The average Bonchev–Trinajstić information content (AvgIpc) is 2.66. The van der Waals surface area contributed by atoms with Crippen molar-refractivity contribution in [1.29, 1.82) is 0 Å². The van der Waals surface area contributed by atoms with Crippen LogP contribution in [0.4, 0.5) is 0 Å². The number of aromatic nitrogens is 1. The van der Waals surface area contributed by atoms with Crippen LogP contribution >= 0.6 is 0 Å². The van der Waals surface area contributed by atoms with E-state index in [0.29, 0.717) is 0 Å². The summed E-state index contributed by atoms with van der Waals surface area (Å²) >= 11 is 0. The van der Waals surface area contributed by atoms with Crippen molar-refractivity contribution in [3.8, 4) is 0 Å². The molecule has 0 amide bonds. The third kappa shape index (κ3) is 4.52. The van der Waals surface area contributed by atoms with Crippen LogP contribution in [-0.2, 0) is 13.1 Å². The van der Waals surface area contributed by atoms with Crippen LogP contribution in [0, 0.1) is 0 Å². The van der Waals surface area contributed by atoms with Gasteiger partial charge in [-0.2, -0.15) is 0 Å². The summed E-state index contributed by atoms with van der Waals surface area (Å²) < 4.78 is 2.34. The Labute approximate surface area is 93.7 Å². The Morgan fingerprint density at radius 2 is 2.07 bits per heavy atom. The highest BCUT2D eigenvalue weighted by Crippen LogP contribution is 2.03. The zero-order valence-corrected chi connectivity index (χ0v) is 10.1. The smallest absolute Gasteiger partial charge is 0.0359 e. The van der Waals surface area contributed by atoms with Crippen LogP contribution in [0.5, 0.6) is 0 Å². The van der Waals surface area contributed by atoms with Crippen molar-refractivity contribution in [2.45, 2.75) is 52.6 Å². The van der Waals surface area contributed by atoms with Crippen LogP contribution in [0.25, 0.3) is 0 Å². The van der Waals surface area contributed by atoms with E-state index in [9.17, 15) is 0 Å². The van der Waals surface area contributed by atoms with Crippen LogP contribution in [-0.4, -0.2) is 11.1 Å². The molecule has 2 heteroatoms. The van der Waals surface area contributed by atoms with E-state index in [0.717, 1.165) is 19.6 Å². The molecule has 0 spiro atoms. The van der Waals surface area contributed by atoms with E-state index in [1.165, 1.54) is 31.4 Å². The summed E-state index contributed by atoms with van der Waals surface area (Å²) in [5.41, 5.74) is 1.41. The topological polar surface area (TPSA) is 17.0 Å². The lowest BCUT2D eigenvalue weighted by molar-refractivity contribution is 0.578. The zero-order chi connectivity index (χ0) is 10.9. The number of nitrogens with one attached hydrogen (secondary N) is 1. The van der Waals surface area contributed by atoms with Gasteiger partial charge in [0.2, 0.25) is 0 Å². The second kappa shape index (κ2) is 7.52. The van der Waals surface area contributed by atoms with Gasteiger partial charge >= 0.3 is 0 Å². The van der Waals surface area contributed by atoms with Gasteiger partial charge in [0.05, 0.1) is 0 Å². The molecular formula is C13H24N2. The van der Waals surface area contributed by atoms with Crippen molar-refractivity contribution in [3.05, 3.63) is 24.0 Å². The lowest BCUT2D eigenvalue weighted by atomic mass is 10.2. The molecule has 0 aliphatic carbocycles. The Kier molecular flexibility index (Phi) is 6.17. The highest BCUT2D eigenvalue weighted by molar-refractivity contribution is 5.06. The first kappa shape index (κ1) is 12.3. The Hall–Kier alpha value is -0.760. The standard InChI is InChI=1S/C13H24N2/c1-3-5-6-9-14-12-13-8-7-11-15(13)10-4-2/h7-8,11,14H,3-6,9-10,12H2,1-2H3. The minimum atomic E-state index is 1.01. The third-order valence-corrected chi connectivity index (χ3v) is 2.65. The van der Waals surface area contributed by atoms with E-state index in [-0.39, 0.29) is 0 Å². The average molecular weight is 208 g/mol. The van der Waals surface area contributed by atoms with Crippen LogP contribution in [0.3, 0.4) is 0 Å². The monoisotopic (exact) mass is 208 g/mol. The normalized spacial score (nSPS) is 10.8. The van der Waals surface area contributed by atoms with Crippen molar-refractivity contribution in [2.24, 2.45) is 0 Å². The fourth-order valence-corrected chi connectivity index (χ4v) is 1.79. The predicted molar refractivity (Wildman–Crippen MR) is 66.0 cm³/mol.